The molecule has 3 rings (SSSR count). The van der Waals surface area contributed by atoms with Gasteiger partial charge in [-0.2, -0.15) is 0 Å². The molecule has 1 saturated carbocycles. The van der Waals surface area contributed by atoms with Gasteiger partial charge in [-0.3, -0.25) is 4.90 Å². The van der Waals surface area contributed by atoms with Crippen LogP contribution in [0, 0.1) is 5.82 Å². The van der Waals surface area contributed by atoms with Crippen LogP contribution in [0.4, 0.5) is 4.39 Å². The van der Waals surface area contributed by atoms with E-state index in [1.165, 1.54) is 38.2 Å². The zero-order valence-electron chi connectivity index (χ0n) is 11.7. The van der Waals surface area contributed by atoms with Gasteiger partial charge in [0.05, 0.1) is 0 Å². The summed E-state index contributed by atoms with van der Waals surface area (Å²) in [7, 11) is 0. The molecule has 1 N–H and O–H groups in total. The summed E-state index contributed by atoms with van der Waals surface area (Å²) in [5, 5.41) is 4.06. The highest BCUT2D eigenvalue weighted by Crippen LogP contribution is 2.30. The number of nitrogens with zero attached hydrogens (tertiary/aromatic N) is 1. The Morgan fingerprint density at radius 2 is 2.10 bits per heavy atom. The summed E-state index contributed by atoms with van der Waals surface area (Å²) in [5.74, 6) is -0.181. The van der Waals surface area contributed by atoms with Crippen molar-refractivity contribution in [3.63, 3.8) is 0 Å². The minimum Gasteiger partial charge on any atom is -0.313 e. The van der Waals surface area contributed by atoms with Gasteiger partial charge >= 0.3 is 0 Å². The summed E-state index contributed by atoms with van der Waals surface area (Å²) in [4.78, 5) is 2.44. The smallest absolute Gasteiger partial charge is 0.129 e. The molecule has 1 aliphatic heterocycles. The third-order valence-corrected chi connectivity index (χ3v) is 4.55. The summed E-state index contributed by atoms with van der Waals surface area (Å²) in [5.41, 5.74) is 0.761. The van der Waals surface area contributed by atoms with Gasteiger partial charge in [-0.05, 0) is 44.4 Å². The van der Waals surface area contributed by atoms with E-state index >= 15 is 0 Å². The topological polar surface area (TPSA) is 15.3 Å². The summed E-state index contributed by atoms with van der Waals surface area (Å²) in [6.45, 7) is 2.86. The Bertz CT molecular complexity index is 456. The van der Waals surface area contributed by atoms with E-state index < -0.39 is 0 Å². The van der Waals surface area contributed by atoms with Crippen LogP contribution in [0.1, 0.15) is 37.7 Å². The Hall–Kier alpha value is -0.640. The van der Waals surface area contributed by atoms with E-state index in [1.54, 1.807) is 6.07 Å². The second-order valence-electron chi connectivity index (χ2n) is 6.04. The first-order valence-electron chi connectivity index (χ1n) is 7.64. The predicted octanol–water partition coefficient (Wildman–Crippen LogP) is 3.59. The monoisotopic (exact) mass is 296 g/mol. The lowest BCUT2D eigenvalue weighted by Gasteiger charge is -2.30. The van der Waals surface area contributed by atoms with Gasteiger partial charge < -0.3 is 5.32 Å². The van der Waals surface area contributed by atoms with E-state index in [1.807, 2.05) is 6.07 Å². The fourth-order valence-electron chi connectivity index (χ4n) is 3.01. The molecule has 1 aromatic carbocycles. The number of hydrogen-bond acceptors (Lipinski definition) is 2. The molecule has 1 heterocycles. The Labute approximate surface area is 125 Å². The molecule has 20 heavy (non-hydrogen) atoms. The number of piperidine rings is 1. The maximum Gasteiger partial charge on any atom is 0.129 e. The van der Waals surface area contributed by atoms with E-state index in [9.17, 15) is 4.39 Å². The Morgan fingerprint density at radius 1 is 1.25 bits per heavy atom. The van der Waals surface area contributed by atoms with Gasteiger partial charge in [-0.25, -0.2) is 4.39 Å². The molecule has 0 amide bonds. The molecule has 4 heteroatoms. The molecule has 110 valence electrons. The third kappa shape index (κ3) is 3.72. The van der Waals surface area contributed by atoms with E-state index in [0.717, 1.165) is 18.7 Å². The molecule has 2 nitrogen and oxygen atoms in total. The standard InChI is InChI=1S/C16H22ClFN2/c17-13-5-4-12(16(18)9-13)10-20(15-6-7-15)11-14-3-1-2-8-19-14/h4-5,9,14-15,19H,1-3,6-8,10-11H2. The van der Waals surface area contributed by atoms with Crippen molar-refractivity contribution >= 4 is 11.6 Å². The van der Waals surface area contributed by atoms with Crippen LogP contribution in [0.5, 0.6) is 0 Å². The fraction of sp³-hybridized carbons (Fsp3) is 0.625. The van der Waals surface area contributed by atoms with Crippen LogP contribution in [0.15, 0.2) is 18.2 Å². The van der Waals surface area contributed by atoms with E-state index in [-0.39, 0.29) is 5.82 Å². The average molecular weight is 297 g/mol. The Morgan fingerprint density at radius 3 is 2.75 bits per heavy atom. The van der Waals surface area contributed by atoms with Gasteiger partial charge in [0.1, 0.15) is 5.82 Å². The zero-order chi connectivity index (χ0) is 13.9. The van der Waals surface area contributed by atoms with Crippen LogP contribution in [0.2, 0.25) is 5.02 Å². The highest BCUT2D eigenvalue weighted by Gasteiger charge is 2.31. The van der Waals surface area contributed by atoms with Crippen LogP contribution < -0.4 is 5.32 Å². The van der Waals surface area contributed by atoms with Gasteiger partial charge in [0.25, 0.3) is 0 Å². The molecule has 0 bridgehead atoms. The molecule has 0 radical (unpaired) electrons. The first-order chi connectivity index (χ1) is 9.72. The largest absolute Gasteiger partial charge is 0.313 e. The second-order valence-corrected chi connectivity index (χ2v) is 6.48. The van der Waals surface area contributed by atoms with Crippen molar-refractivity contribution in [1.82, 2.24) is 10.2 Å². The lowest BCUT2D eigenvalue weighted by molar-refractivity contribution is 0.206. The van der Waals surface area contributed by atoms with Crippen molar-refractivity contribution in [2.75, 3.05) is 13.1 Å². The molecule has 0 spiro atoms. The van der Waals surface area contributed by atoms with Crippen LogP contribution >= 0.6 is 11.6 Å². The van der Waals surface area contributed by atoms with E-state index in [0.29, 0.717) is 23.7 Å². The molecule has 2 fully saturated rings. The molecule has 1 saturated heterocycles. The van der Waals surface area contributed by atoms with Gasteiger partial charge in [0, 0.05) is 35.8 Å². The van der Waals surface area contributed by atoms with Crippen molar-refractivity contribution in [2.24, 2.45) is 0 Å². The highest BCUT2D eigenvalue weighted by molar-refractivity contribution is 6.30. The minimum absolute atomic E-state index is 0.181. The summed E-state index contributed by atoms with van der Waals surface area (Å²) in [6.07, 6.45) is 6.34. The van der Waals surface area contributed by atoms with E-state index in [4.69, 9.17) is 11.6 Å². The lowest BCUT2D eigenvalue weighted by atomic mass is 10.0. The normalized spacial score (nSPS) is 23.2. The molecule has 2 aliphatic rings. The van der Waals surface area contributed by atoms with Crippen LogP contribution in [0.25, 0.3) is 0 Å². The van der Waals surface area contributed by atoms with Crippen molar-refractivity contribution in [1.29, 1.82) is 0 Å². The molecule has 1 aliphatic carbocycles. The molecular formula is C16H22ClFN2. The third-order valence-electron chi connectivity index (χ3n) is 4.32. The maximum atomic E-state index is 13.9. The molecular weight excluding hydrogens is 275 g/mol. The average Bonchev–Trinajstić information content (AvgIpc) is 3.26. The zero-order valence-corrected chi connectivity index (χ0v) is 12.5. The van der Waals surface area contributed by atoms with Gasteiger partial charge in [0.2, 0.25) is 0 Å². The number of halogens is 2. The van der Waals surface area contributed by atoms with Crippen LogP contribution in [-0.2, 0) is 6.54 Å². The Kier molecular flexibility index (Phi) is 4.59. The summed E-state index contributed by atoms with van der Waals surface area (Å²) in [6, 6.07) is 6.24. The minimum atomic E-state index is -0.181. The highest BCUT2D eigenvalue weighted by atomic mass is 35.5. The first kappa shape index (κ1) is 14.3. The van der Waals surface area contributed by atoms with Crippen molar-refractivity contribution in [3.05, 3.63) is 34.6 Å². The first-order valence-corrected chi connectivity index (χ1v) is 8.01. The molecule has 0 aromatic heterocycles. The van der Waals surface area contributed by atoms with Gasteiger partial charge in [-0.1, -0.05) is 24.1 Å². The number of nitrogens with one attached hydrogen (secondary N) is 1. The van der Waals surface area contributed by atoms with E-state index in [2.05, 4.69) is 10.2 Å². The lowest BCUT2D eigenvalue weighted by Crippen LogP contribution is -2.44. The number of benzene rings is 1. The second kappa shape index (κ2) is 6.42. The summed E-state index contributed by atoms with van der Waals surface area (Å²) >= 11 is 5.82. The molecule has 1 atom stereocenters. The van der Waals surface area contributed by atoms with Crippen LogP contribution in [-0.4, -0.2) is 30.1 Å². The predicted molar refractivity (Wildman–Crippen MR) is 80.5 cm³/mol. The Balaban J connectivity index is 1.64. The number of hydrogen-bond donors (Lipinski definition) is 1. The maximum absolute atomic E-state index is 13.9. The van der Waals surface area contributed by atoms with Crippen molar-refractivity contribution in [3.8, 4) is 0 Å². The summed E-state index contributed by atoms with van der Waals surface area (Å²) < 4.78 is 13.9. The van der Waals surface area contributed by atoms with Crippen molar-refractivity contribution < 1.29 is 4.39 Å². The molecule has 1 aromatic rings. The van der Waals surface area contributed by atoms with Gasteiger partial charge in [-0.15, -0.1) is 0 Å². The number of rotatable bonds is 5. The van der Waals surface area contributed by atoms with Crippen LogP contribution in [0.3, 0.4) is 0 Å². The van der Waals surface area contributed by atoms with Crippen molar-refractivity contribution in [2.45, 2.75) is 50.7 Å². The quantitative estimate of drug-likeness (QED) is 0.893. The SMILES string of the molecule is Fc1cc(Cl)ccc1CN(CC1CCCCN1)C1CC1. The van der Waals surface area contributed by atoms with Gasteiger partial charge in [0.15, 0.2) is 0 Å². The fourth-order valence-corrected chi connectivity index (χ4v) is 3.17. The molecule has 1 unspecified atom stereocenters.